The van der Waals surface area contributed by atoms with Crippen molar-refractivity contribution in [2.45, 2.75) is 38.2 Å². The molecule has 1 unspecified atom stereocenters. The molecular formula is C15H20O3. The fourth-order valence-electron chi connectivity index (χ4n) is 2.19. The van der Waals surface area contributed by atoms with Crippen molar-refractivity contribution in [2.24, 2.45) is 5.92 Å². The number of ether oxygens (including phenoxy) is 1. The standard InChI is InChI=1S/C15H20O3/c1-15(14(16)17,13-9-10-13)18-11-5-8-12-6-3-2-4-7-12/h2-4,6-7,13H,5,8-11H2,1H3,(H,16,17). The van der Waals surface area contributed by atoms with Gasteiger partial charge in [0.1, 0.15) is 0 Å². The van der Waals surface area contributed by atoms with E-state index in [1.54, 1.807) is 6.92 Å². The van der Waals surface area contributed by atoms with Crippen molar-refractivity contribution in [1.82, 2.24) is 0 Å². The van der Waals surface area contributed by atoms with Crippen molar-refractivity contribution >= 4 is 5.97 Å². The molecule has 0 spiro atoms. The Labute approximate surface area is 108 Å². The van der Waals surface area contributed by atoms with Crippen LogP contribution in [0.25, 0.3) is 0 Å². The van der Waals surface area contributed by atoms with E-state index in [1.165, 1.54) is 5.56 Å². The van der Waals surface area contributed by atoms with E-state index >= 15 is 0 Å². The van der Waals surface area contributed by atoms with Gasteiger partial charge in [0.25, 0.3) is 0 Å². The average molecular weight is 248 g/mol. The molecule has 3 heteroatoms. The molecular weight excluding hydrogens is 228 g/mol. The number of carboxylic acids is 1. The number of rotatable bonds is 7. The minimum Gasteiger partial charge on any atom is -0.479 e. The van der Waals surface area contributed by atoms with E-state index in [2.05, 4.69) is 12.1 Å². The van der Waals surface area contributed by atoms with Gasteiger partial charge in [0, 0.05) is 6.61 Å². The van der Waals surface area contributed by atoms with Crippen molar-refractivity contribution < 1.29 is 14.6 Å². The third-order valence-corrected chi connectivity index (χ3v) is 3.64. The molecule has 1 N–H and O–H groups in total. The van der Waals surface area contributed by atoms with Gasteiger partial charge in [-0.3, -0.25) is 0 Å². The summed E-state index contributed by atoms with van der Waals surface area (Å²) in [6.45, 7) is 2.21. The molecule has 0 aromatic heterocycles. The van der Waals surface area contributed by atoms with E-state index in [0.717, 1.165) is 25.7 Å². The number of benzene rings is 1. The Bertz CT molecular complexity index is 397. The molecule has 98 valence electrons. The summed E-state index contributed by atoms with van der Waals surface area (Å²) >= 11 is 0. The van der Waals surface area contributed by atoms with Gasteiger partial charge in [0.15, 0.2) is 5.60 Å². The molecule has 2 rings (SSSR count). The van der Waals surface area contributed by atoms with Gasteiger partial charge < -0.3 is 9.84 Å². The predicted octanol–water partition coefficient (Wildman–Crippen LogP) is 2.89. The highest BCUT2D eigenvalue weighted by atomic mass is 16.5. The van der Waals surface area contributed by atoms with Crippen molar-refractivity contribution in [2.75, 3.05) is 6.61 Å². The number of aryl methyl sites for hydroxylation is 1. The number of hydrogen-bond donors (Lipinski definition) is 1. The molecule has 0 heterocycles. The summed E-state index contributed by atoms with van der Waals surface area (Å²) in [5.41, 5.74) is 0.293. The van der Waals surface area contributed by atoms with Gasteiger partial charge in [0.05, 0.1) is 0 Å². The van der Waals surface area contributed by atoms with Crippen LogP contribution in [0.4, 0.5) is 0 Å². The molecule has 1 aliphatic rings. The van der Waals surface area contributed by atoms with Gasteiger partial charge in [-0.2, -0.15) is 0 Å². The van der Waals surface area contributed by atoms with Crippen LogP contribution in [0.1, 0.15) is 31.7 Å². The Morgan fingerprint density at radius 1 is 1.39 bits per heavy atom. The summed E-state index contributed by atoms with van der Waals surface area (Å²) in [5.74, 6) is -0.628. The number of aliphatic carboxylic acids is 1. The maximum atomic E-state index is 11.2. The van der Waals surface area contributed by atoms with E-state index in [4.69, 9.17) is 4.74 Å². The van der Waals surface area contributed by atoms with Gasteiger partial charge in [-0.1, -0.05) is 30.3 Å². The van der Waals surface area contributed by atoms with Crippen LogP contribution in [0.3, 0.4) is 0 Å². The molecule has 3 nitrogen and oxygen atoms in total. The molecule has 1 aromatic rings. The fourth-order valence-corrected chi connectivity index (χ4v) is 2.19. The highest BCUT2D eigenvalue weighted by Crippen LogP contribution is 2.42. The Morgan fingerprint density at radius 2 is 2.06 bits per heavy atom. The fraction of sp³-hybridized carbons (Fsp3) is 0.533. The number of carboxylic acid groups (broad SMARTS) is 1. The van der Waals surface area contributed by atoms with Crippen LogP contribution in [0.5, 0.6) is 0 Å². The molecule has 0 saturated heterocycles. The maximum absolute atomic E-state index is 11.2. The molecule has 0 aliphatic heterocycles. The van der Waals surface area contributed by atoms with Gasteiger partial charge in [-0.05, 0) is 44.1 Å². The highest BCUT2D eigenvalue weighted by molar-refractivity contribution is 5.77. The van der Waals surface area contributed by atoms with Crippen LogP contribution in [0.15, 0.2) is 30.3 Å². The van der Waals surface area contributed by atoms with Crippen molar-refractivity contribution in [3.8, 4) is 0 Å². The number of carbonyl (C=O) groups is 1. The minimum atomic E-state index is -0.976. The second-order valence-electron chi connectivity index (χ2n) is 5.12. The molecule has 0 amide bonds. The molecule has 1 aromatic carbocycles. The Hall–Kier alpha value is -1.35. The topological polar surface area (TPSA) is 46.5 Å². The predicted molar refractivity (Wildman–Crippen MR) is 69.5 cm³/mol. The lowest BCUT2D eigenvalue weighted by Gasteiger charge is -2.25. The minimum absolute atomic E-state index is 0.201. The Kier molecular flexibility index (Phi) is 4.02. The summed E-state index contributed by atoms with van der Waals surface area (Å²) in [5, 5.41) is 9.23. The first kappa shape index (κ1) is 13.1. The SMILES string of the molecule is CC(OCCCc1ccccc1)(C(=O)O)C1CC1. The van der Waals surface area contributed by atoms with E-state index in [9.17, 15) is 9.90 Å². The van der Waals surface area contributed by atoms with Gasteiger partial charge in [-0.25, -0.2) is 4.79 Å². The van der Waals surface area contributed by atoms with Gasteiger partial charge in [0.2, 0.25) is 0 Å². The van der Waals surface area contributed by atoms with E-state index in [-0.39, 0.29) is 5.92 Å². The summed E-state index contributed by atoms with van der Waals surface area (Å²) in [6, 6.07) is 10.2. The smallest absolute Gasteiger partial charge is 0.335 e. The zero-order valence-corrected chi connectivity index (χ0v) is 10.8. The van der Waals surface area contributed by atoms with Crippen LogP contribution in [-0.2, 0) is 16.0 Å². The van der Waals surface area contributed by atoms with Gasteiger partial charge >= 0.3 is 5.97 Å². The van der Waals surface area contributed by atoms with Crippen LogP contribution >= 0.6 is 0 Å². The summed E-state index contributed by atoms with van der Waals surface area (Å²) in [6.07, 6.45) is 3.74. The number of hydrogen-bond acceptors (Lipinski definition) is 2. The lowest BCUT2D eigenvalue weighted by molar-refractivity contribution is -0.166. The largest absolute Gasteiger partial charge is 0.479 e. The zero-order valence-electron chi connectivity index (χ0n) is 10.8. The third-order valence-electron chi connectivity index (χ3n) is 3.64. The summed E-state index contributed by atoms with van der Waals surface area (Å²) in [4.78, 5) is 11.2. The molecule has 1 fully saturated rings. The molecule has 1 aliphatic carbocycles. The van der Waals surface area contributed by atoms with Crippen molar-refractivity contribution in [1.29, 1.82) is 0 Å². The van der Waals surface area contributed by atoms with Crippen LogP contribution in [0, 0.1) is 5.92 Å². The molecule has 0 bridgehead atoms. The van der Waals surface area contributed by atoms with E-state index < -0.39 is 11.6 Å². The van der Waals surface area contributed by atoms with Gasteiger partial charge in [-0.15, -0.1) is 0 Å². The van der Waals surface area contributed by atoms with Crippen molar-refractivity contribution in [3.05, 3.63) is 35.9 Å². The first-order chi connectivity index (χ1) is 8.63. The van der Waals surface area contributed by atoms with Crippen LogP contribution in [-0.4, -0.2) is 23.3 Å². The highest BCUT2D eigenvalue weighted by Gasteiger charge is 2.48. The summed E-state index contributed by atoms with van der Waals surface area (Å²) < 4.78 is 5.64. The molecule has 1 saturated carbocycles. The lowest BCUT2D eigenvalue weighted by Crippen LogP contribution is -2.41. The second kappa shape index (κ2) is 5.53. The molecule has 18 heavy (non-hydrogen) atoms. The quantitative estimate of drug-likeness (QED) is 0.755. The van der Waals surface area contributed by atoms with Crippen LogP contribution in [0.2, 0.25) is 0 Å². The zero-order chi connectivity index (χ0) is 13.0. The first-order valence-electron chi connectivity index (χ1n) is 6.54. The molecule has 0 radical (unpaired) electrons. The van der Waals surface area contributed by atoms with Crippen LogP contribution < -0.4 is 0 Å². The van der Waals surface area contributed by atoms with E-state index in [0.29, 0.717) is 6.61 Å². The lowest BCUT2D eigenvalue weighted by atomic mass is 10.0. The Balaban J connectivity index is 1.76. The Morgan fingerprint density at radius 3 is 2.61 bits per heavy atom. The molecule has 1 atom stereocenters. The third kappa shape index (κ3) is 3.10. The van der Waals surface area contributed by atoms with E-state index in [1.807, 2.05) is 18.2 Å². The normalized spacial score (nSPS) is 18.3. The maximum Gasteiger partial charge on any atom is 0.335 e. The monoisotopic (exact) mass is 248 g/mol. The summed E-state index contributed by atoms with van der Waals surface area (Å²) in [7, 11) is 0. The first-order valence-corrected chi connectivity index (χ1v) is 6.54. The van der Waals surface area contributed by atoms with Crippen molar-refractivity contribution in [3.63, 3.8) is 0 Å². The second-order valence-corrected chi connectivity index (χ2v) is 5.12. The average Bonchev–Trinajstić information content (AvgIpc) is 3.20.